The number of anilines is 2. The Bertz CT molecular complexity index is 455. The van der Waals surface area contributed by atoms with Crippen molar-refractivity contribution in [2.24, 2.45) is 0 Å². The number of hydrogen-bond donors (Lipinski definition) is 1. The van der Waals surface area contributed by atoms with E-state index in [2.05, 4.69) is 0 Å². The van der Waals surface area contributed by atoms with Gasteiger partial charge in [-0.3, -0.25) is 0 Å². The van der Waals surface area contributed by atoms with Gasteiger partial charge in [0.15, 0.2) is 0 Å². The number of benzene rings is 1. The van der Waals surface area contributed by atoms with Gasteiger partial charge in [0.1, 0.15) is 0 Å². The Hall–Kier alpha value is -1.53. The number of hydrogen-bond acceptors (Lipinski definition) is 2. The van der Waals surface area contributed by atoms with Crippen LogP contribution in [0.4, 0.5) is 33.3 Å². The second-order valence-electron chi connectivity index (χ2n) is 4.30. The molecule has 2 rings (SSSR count). The number of nitrogens with two attached hydrogens (primary N) is 1. The van der Waals surface area contributed by atoms with Crippen LogP contribution in [-0.2, 0) is 6.18 Å². The van der Waals surface area contributed by atoms with E-state index < -0.39 is 24.2 Å². The average molecular weight is 266 g/mol. The van der Waals surface area contributed by atoms with Crippen LogP contribution in [0.5, 0.6) is 0 Å². The third kappa shape index (κ3) is 2.49. The maximum absolute atomic E-state index is 13.0. The van der Waals surface area contributed by atoms with E-state index in [0.717, 1.165) is 18.2 Å². The molecule has 0 bridgehead atoms. The minimum atomic E-state index is -4.48. The summed E-state index contributed by atoms with van der Waals surface area (Å²) < 4.78 is 63.3. The molecule has 0 spiro atoms. The van der Waals surface area contributed by atoms with Crippen molar-refractivity contribution < 1.29 is 22.0 Å². The predicted molar refractivity (Wildman–Crippen MR) is 57.6 cm³/mol. The molecular formula is C11H11F5N2. The van der Waals surface area contributed by atoms with E-state index in [-0.39, 0.29) is 24.3 Å². The Labute approximate surface area is 100 Å². The van der Waals surface area contributed by atoms with Gasteiger partial charge in [0.25, 0.3) is 5.92 Å². The van der Waals surface area contributed by atoms with Crippen LogP contribution in [0.2, 0.25) is 0 Å². The molecule has 7 heteroatoms. The smallest absolute Gasteiger partial charge is 0.397 e. The topological polar surface area (TPSA) is 29.3 Å². The first kappa shape index (κ1) is 12.9. The van der Waals surface area contributed by atoms with Gasteiger partial charge in [-0.2, -0.15) is 13.2 Å². The molecule has 0 aromatic heterocycles. The molecule has 0 unspecified atom stereocenters. The lowest BCUT2D eigenvalue weighted by Gasteiger charge is -2.21. The molecule has 0 amide bonds. The fraction of sp³-hybridized carbons (Fsp3) is 0.455. The van der Waals surface area contributed by atoms with Gasteiger partial charge in [0.05, 0.1) is 23.5 Å². The Kier molecular flexibility index (Phi) is 2.87. The second kappa shape index (κ2) is 4.00. The molecule has 0 saturated carbocycles. The molecule has 1 aromatic carbocycles. The molecule has 100 valence electrons. The van der Waals surface area contributed by atoms with Gasteiger partial charge < -0.3 is 10.6 Å². The average Bonchev–Trinajstić information content (AvgIpc) is 2.57. The normalized spacial score (nSPS) is 19.3. The highest BCUT2D eigenvalue weighted by molar-refractivity contribution is 5.69. The molecule has 0 atom stereocenters. The molecular weight excluding hydrogens is 255 g/mol. The van der Waals surface area contributed by atoms with Crippen molar-refractivity contribution >= 4 is 11.4 Å². The number of nitrogens with zero attached hydrogens (tertiary/aromatic N) is 1. The van der Waals surface area contributed by atoms with Gasteiger partial charge in [-0.15, -0.1) is 0 Å². The van der Waals surface area contributed by atoms with Gasteiger partial charge in [-0.05, 0) is 18.2 Å². The summed E-state index contributed by atoms with van der Waals surface area (Å²) in [6, 6.07) is 2.76. The van der Waals surface area contributed by atoms with Crippen molar-refractivity contribution in [1.82, 2.24) is 0 Å². The van der Waals surface area contributed by atoms with Crippen LogP contribution < -0.4 is 10.6 Å². The first-order valence-electron chi connectivity index (χ1n) is 5.28. The summed E-state index contributed by atoms with van der Waals surface area (Å²) in [6.07, 6.45) is -4.80. The highest BCUT2D eigenvalue weighted by Crippen LogP contribution is 2.37. The van der Waals surface area contributed by atoms with Gasteiger partial charge in [-0.1, -0.05) is 0 Å². The third-order valence-corrected chi connectivity index (χ3v) is 2.87. The lowest BCUT2D eigenvalue weighted by molar-refractivity contribution is -0.137. The summed E-state index contributed by atoms with van der Waals surface area (Å²) in [6.45, 7) is -0.425. The number of nitrogen functional groups attached to an aromatic ring is 1. The lowest BCUT2D eigenvalue weighted by Crippen LogP contribution is -2.25. The zero-order chi connectivity index (χ0) is 13.6. The molecule has 1 aliphatic rings. The molecule has 1 aliphatic heterocycles. The largest absolute Gasteiger partial charge is 0.416 e. The van der Waals surface area contributed by atoms with Crippen LogP contribution in [-0.4, -0.2) is 19.0 Å². The van der Waals surface area contributed by atoms with Crippen molar-refractivity contribution in [2.45, 2.75) is 18.5 Å². The van der Waals surface area contributed by atoms with Crippen LogP contribution in [0, 0.1) is 0 Å². The van der Waals surface area contributed by atoms with E-state index in [1.54, 1.807) is 0 Å². The molecule has 1 saturated heterocycles. The van der Waals surface area contributed by atoms with Crippen LogP contribution in [0.1, 0.15) is 12.0 Å². The second-order valence-corrected chi connectivity index (χ2v) is 4.30. The van der Waals surface area contributed by atoms with Crippen molar-refractivity contribution in [3.8, 4) is 0 Å². The first-order chi connectivity index (χ1) is 8.19. The fourth-order valence-corrected chi connectivity index (χ4v) is 1.96. The van der Waals surface area contributed by atoms with Crippen molar-refractivity contribution in [2.75, 3.05) is 23.7 Å². The van der Waals surface area contributed by atoms with E-state index in [4.69, 9.17) is 5.73 Å². The Morgan fingerprint density at radius 1 is 1.22 bits per heavy atom. The first-order valence-corrected chi connectivity index (χ1v) is 5.28. The summed E-state index contributed by atoms with van der Waals surface area (Å²) in [5.41, 5.74) is 4.71. The van der Waals surface area contributed by atoms with Crippen molar-refractivity contribution in [1.29, 1.82) is 0 Å². The Morgan fingerprint density at radius 3 is 2.33 bits per heavy atom. The minimum absolute atomic E-state index is 0.0859. The monoisotopic (exact) mass is 266 g/mol. The molecule has 1 fully saturated rings. The van der Waals surface area contributed by atoms with E-state index in [1.165, 1.54) is 4.90 Å². The molecule has 1 heterocycles. The minimum Gasteiger partial charge on any atom is -0.397 e. The van der Waals surface area contributed by atoms with Crippen molar-refractivity contribution in [3.63, 3.8) is 0 Å². The van der Waals surface area contributed by atoms with Gasteiger partial charge >= 0.3 is 6.18 Å². The fourth-order valence-electron chi connectivity index (χ4n) is 1.96. The van der Waals surface area contributed by atoms with Gasteiger partial charge in [-0.25, -0.2) is 8.78 Å². The van der Waals surface area contributed by atoms with E-state index in [9.17, 15) is 22.0 Å². The number of alkyl halides is 5. The van der Waals surface area contributed by atoms with Gasteiger partial charge in [0, 0.05) is 13.0 Å². The predicted octanol–water partition coefficient (Wildman–Crippen LogP) is 3.13. The third-order valence-electron chi connectivity index (χ3n) is 2.87. The van der Waals surface area contributed by atoms with Crippen LogP contribution >= 0.6 is 0 Å². The lowest BCUT2D eigenvalue weighted by atomic mass is 10.1. The SMILES string of the molecule is Nc1cc(C(F)(F)F)ccc1N1CCC(F)(F)C1. The summed E-state index contributed by atoms with van der Waals surface area (Å²) in [5.74, 6) is -2.81. The standard InChI is InChI=1S/C11H11F5N2/c12-10(13)3-4-18(6-10)9-2-1-7(5-8(9)17)11(14,15)16/h1-2,5H,3-4,6,17H2. The van der Waals surface area contributed by atoms with Crippen LogP contribution in [0.3, 0.4) is 0 Å². The summed E-state index contributed by atoms with van der Waals surface area (Å²) in [7, 11) is 0. The molecule has 2 N–H and O–H groups in total. The van der Waals surface area contributed by atoms with Crippen molar-refractivity contribution in [3.05, 3.63) is 23.8 Å². The summed E-state index contributed by atoms with van der Waals surface area (Å²) >= 11 is 0. The van der Waals surface area contributed by atoms with E-state index >= 15 is 0 Å². The Morgan fingerprint density at radius 2 is 1.89 bits per heavy atom. The highest BCUT2D eigenvalue weighted by atomic mass is 19.4. The molecule has 0 radical (unpaired) electrons. The molecule has 0 aliphatic carbocycles. The van der Waals surface area contributed by atoms with Crippen LogP contribution in [0.15, 0.2) is 18.2 Å². The van der Waals surface area contributed by atoms with Gasteiger partial charge in [0.2, 0.25) is 0 Å². The maximum Gasteiger partial charge on any atom is 0.416 e. The molecule has 1 aromatic rings. The number of halogens is 5. The number of rotatable bonds is 1. The quantitative estimate of drug-likeness (QED) is 0.625. The summed E-state index contributed by atoms with van der Waals surface area (Å²) in [5, 5.41) is 0. The molecule has 2 nitrogen and oxygen atoms in total. The molecule has 18 heavy (non-hydrogen) atoms. The van der Waals surface area contributed by atoms with E-state index in [0.29, 0.717) is 0 Å². The zero-order valence-corrected chi connectivity index (χ0v) is 9.27. The van der Waals surface area contributed by atoms with Crippen LogP contribution in [0.25, 0.3) is 0 Å². The zero-order valence-electron chi connectivity index (χ0n) is 9.27. The highest BCUT2D eigenvalue weighted by Gasteiger charge is 2.39. The Balaban J connectivity index is 2.26. The maximum atomic E-state index is 13.0. The summed E-state index contributed by atoms with van der Waals surface area (Å²) in [4.78, 5) is 1.30. The van der Waals surface area contributed by atoms with E-state index in [1.807, 2.05) is 0 Å².